The molecule has 44 heavy (non-hydrogen) atoms. The van der Waals surface area contributed by atoms with Crippen LogP contribution in [0.3, 0.4) is 0 Å². The van der Waals surface area contributed by atoms with Crippen LogP contribution in [0.1, 0.15) is 27.8 Å². The number of para-hydroxylation sites is 2. The van der Waals surface area contributed by atoms with E-state index in [1.54, 1.807) is 6.07 Å². The number of rotatable bonds is 4. The molecule has 4 heteroatoms. The zero-order valence-electron chi connectivity index (χ0n) is 24.2. The Labute approximate surface area is 256 Å². The molecule has 1 N–H and O–H groups in total. The molecule has 210 valence electrons. The first-order chi connectivity index (χ1) is 21.6. The molecule has 0 spiro atoms. The molecular weight excluding hydrogens is 538 g/mol. The average Bonchev–Trinajstić information content (AvgIpc) is 3.08. The van der Waals surface area contributed by atoms with Crippen molar-refractivity contribution in [2.75, 3.05) is 4.90 Å². The molecule has 5 aromatic carbocycles. The van der Waals surface area contributed by atoms with E-state index in [-0.39, 0.29) is 5.75 Å². The molecule has 0 amide bonds. The Morgan fingerprint density at radius 1 is 0.614 bits per heavy atom. The van der Waals surface area contributed by atoms with E-state index in [1.807, 2.05) is 36.5 Å². The lowest BCUT2D eigenvalue weighted by Crippen LogP contribution is -2.38. The third-order valence-corrected chi connectivity index (χ3v) is 8.73. The van der Waals surface area contributed by atoms with Crippen LogP contribution in [0.4, 0.5) is 17.2 Å². The first-order valence-electron chi connectivity index (χ1n) is 14.8. The van der Waals surface area contributed by atoms with Gasteiger partial charge in [-0.1, -0.05) is 109 Å². The van der Waals surface area contributed by atoms with Gasteiger partial charge in [0.25, 0.3) is 0 Å². The van der Waals surface area contributed by atoms with Crippen molar-refractivity contribution < 1.29 is 5.11 Å². The Kier molecular flexibility index (Phi) is 6.02. The summed E-state index contributed by atoms with van der Waals surface area (Å²) in [6, 6.07) is 50.6. The van der Waals surface area contributed by atoms with Gasteiger partial charge < -0.3 is 5.11 Å². The number of phenolic OH excluding ortho intramolecular Hbond substituents is 1. The van der Waals surface area contributed by atoms with Crippen molar-refractivity contribution in [3.05, 3.63) is 180 Å². The Morgan fingerprint density at radius 3 is 2.07 bits per heavy atom. The maximum absolute atomic E-state index is 10.6. The molecule has 0 saturated heterocycles. The minimum absolute atomic E-state index is 0.175. The highest BCUT2D eigenvalue weighted by atomic mass is 16.3. The lowest BCUT2D eigenvalue weighted by atomic mass is 9.62. The van der Waals surface area contributed by atoms with Gasteiger partial charge in [-0.05, 0) is 71.1 Å². The highest BCUT2D eigenvalue weighted by molar-refractivity contribution is 5.91. The maximum atomic E-state index is 10.6. The van der Waals surface area contributed by atoms with Crippen molar-refractivity contribution >= 4 is 28.1 Å². The van der Waals surface area contributed by atoms with Gasteiger partial charge in [0.2, 0.25) is 0 Å². The third kappa shape index (κ3) is 3.92. The number of benzene rings is 5. The molecular formula is C40H29N3O. The first kappa shape index (κ1) is 25.9. The van der Waals surface area contributed by atoms with E-state index in [1.165, 1.54) is 16.7 Å². The molecule has 0 aliphatic carbocycles. The van der Waals surface area contributed by atoms with E-state index >= 15 is 0 Å². The zero-order chi connectivity index (χ0) is 29.7. The van der Waals surface area contributed by atoms with E-state index in [0.717, 1.165) is 45.0 Å². The highest BCUT2D eigenvalue weighted by Crippen LogP contribution is 2.57. The van der Waals surface area contributed by atoms with Crippen LogP contribution < -0.4 is 4.90 Å². The second-order valence-corrected chi connectivity index (χ2v) is 11.3. The normalized spacial score (nSPS) is 13.3. The van der Waals surface area contributed by atoms with E-state index < -0.39 is 5.41 Å². The number of hydrogen-bond acceptors (Lipinski definition) is 4. The predicted molar refractivity (Wildman–Crippen MR) is 178 cm³/mol. The fraction of sp³-hybridized carbons (Fsp3) is 0.0500. The van der Waals surface area contributed by atoms with Crippen LogP contribution in [0.2, 0.25) is 0 Å². The van der Waals surface area contributed by atoms with Crippen LogP contribution in [0.25, 0.3) is 22.2 Å². The van der Waals surface area contributed by atoms with Crippen molar-refractivity contribution in [1.82, 2.24) is 9.97 Å². The average molecular weight is 568 g/mol. The summed E-state index contributed by atoms with van der Waals surface area (Å²) in [6.07, 6.45) is 1.88. The van der Waals surface area contributed by atoms with E-state index in [0.29, 0.717) is 5.52 Å². The van der Waals surface area contributed by atoms with Crippen LogP contribution in [0.15, 0.2) is 152 Å². The summed E-state index contributed by atoms with van der Waals surface area (Å²) in [5.74, 6) is 1.03. The lowest BCUT2D eigenvalue weighted by molar-refractivity contribution is 0.480. The summed E-state index contributed by atoms with van der Waals surface area (Å²) in [5.41, 5.74) is 9.74. The molecule has 2 aromatic heterocycles. The second-order valence-electron chi connectivity index (χ2n) is 11.3. The molecule has 0 unspecified atom stereocenters. The zero-order valence-corrected chi connectivity index (χ0v) is 24.2. The Morgan fingerprint density at radius 2 is 1.32 bits per heavy atom. The van der Waals surface area contributed by atoms with Crippen LogP contribution in [0.5, 0.6) is 5.75 Å². The Balaban J connectivity index is 1.48. The van der Waals surface area contributed by atoms with Crippen molar-refractivity contribution in [3.8, 4) is 17.0 Å². The largest absolute Gasteiger partial charge is 0.506 e. The van der Waals surface area contributed by atoms with Crippen LogP contribution in [0, 0.1) is 6.92 Å². The molecule has 0 fully saturated rings. The molecule has 1 aliphatic heterocycles. The van der Waals surface area contributed by atoms with Gasteiger partial charge in [0.05, 0.1) is 22.5 Å². The van der Waals surface area contributed by atoms with Gasteiger partial charge in [-0.15, -0.1) is 0 Å². The molecule has 0 saturated carbocycles. The predicted octanol–water partition coefficient (Wildman–Crippen LogP) is 9.48. The molecule has 0 bridgehead atoms. The van der Waals surface area contributed by atoms with Gasteiger partial charge in [0.15, 0.2) is 0 Å². The van der Waals surface area contributed by atoms with Crippen LogP contribution >= 0.6 is 0 Å². The number of aromatic hydroxyl groups is 1. The Bertz CT molecular complexity index is 2120. The van der Waals surface area contributed by atoms with Gasteiger partial charge in [0.1, 0.15) is 17.1 Å². The SMILES string of the molecule is Cc1ccnc(N2c3ccccc3C(c3ccccc3)(c3ccccc3)c3ccc(-c4ccc5cccc(O)c5n4)cc32)c1. The maximum Gasteiger partial charge on any atom is 0.141 e. The smallest absolute Gasteiger partial charge is 0.141 e. The molecule has 7 aromatic rings. The minimum atomic E-state index is -0.581. The molecule has 1 aliphatic rings. The molecule has 0 atom stereocenters. The molecule has 4 nitrogen and oxygen atoms in total. The fourth-order valence-electron chi connectivity index (χ4n) is 6.80. The van der Waals surface area contributed by atoms with Gasteiger partial charge in [0, 0.05) is 17.1 Å². The molecule has 8 rings (SSSR count). The quantitative estimate of drug-likeness (QED) is 0.230. The molecule has 0 radical (unpaired) electrons. The van der Waals surface area contributed by atoms with Gasteiger partial charge in [-0.2, -0.15) is 0 Å². The number of hydrogen-bond donors (Lipinski definition) is 1. The second kappa shape index (κ2) is 10.2. The summed E-state index contributed by atoms with van der Waals surface area (Å²) in [5, 5.41) is 11.5. The number of pyridine rings is 2. The van der Waals surface area contributed by atoms with Gasteiger partial charge in [-0.25, -0.2) is 9.97 Å². The summed E-state index contributed by atoms with van der Waals surface area (Å²) in [4.78, 5) is 12.1. The summed E-state index contributed by atoms with van der Waals surface area (Å²) in [6.45, 7) is 2.10. The van der Waals surface area contributed by atoms with Gasteiger partial charge in [-0.3, -0.25) is 4.90 Å². The van der Waals surface area contributed by atoms with Crippen molar-refractivity contribution in [2.45, 2.75) is 12.3 Å². The summed E-state index contributed by atoms with van der Waals surface area (Å²) >= 11 is 0. The van der Waals surface area contributed by atoms with E-state index in [2.05, 4.69) is 121 Å². The van der Waals surface area contributed by atoms with Crippen molar-refractivity contribution in [2.24, 2.45) is 0 Å². The topological polar surface area (TPSA) is 49.2 Å². The number of phenols is 1. The molecule has 3 heterocycles. The number of aromatic nitrogens is 2. The highest BCUT2D eigenvalue weighted by Gasteiger charge is 2.46. The first-order valence-corrected chi connectivity index (χ1v) is 14.8. The van der Waals surface area contributed by atoms with Crippen LogP contribution in [-0.2, 0) is 5.41 Å². The summed E-state index contributed by atoms with van der Waals surface area (Å²) < 4.78 is 0. The Hall–Kier alpha value is -5.74. The number of fused-ring (bicyclic) bond motifs is 3. The number of anilines is 3. The number of nitrogens with zero attached hydrogens (tertiary/aromatic N) is 3. The van der Waals surface area contributed by atoms with Crippen molar-refractivity contribution in [3.63, 3.8) is 0 Å². The monoisotopic (exact) mass is 567 g/mol. The third-order valence-electron chi connectivity index (χ3n) is 8.73. The van der Waals surface area contributed by atoms with Crippen molar-refractivity contribution in [1.29, 1.82) is 0 Å². The van der Waals surface area contributed by atoms with Crippen LogP contribution in [-0.4, -0.2) is 15.1 Å². The summed E-state index contributed by atoms with van der Waals surface area (Å²) in [7, 11) is 0. The standard InChI is InChI=1S/C40H29N3O/c1-27-23-24-41-38(25-27)43-35-17-9-8-16-32(35)40(30-12-4-2-5-13-30,31-14-6-3-7-15-31)33-21-19-29(26-36(33)43)34-22-20-28-11-10-18-37(44)39(28)42-34/h2-26,44H,1H3. The lowest BCUT2D eigenvalue weighted by Gasteiger charge is -2.46. The van der Waals surface area contributed by atoms with Gasteiger partial charge >= 0.3 is 0 Å². The fourth-order valence-corrected chi connectivity index (χ4v) is 6.80. The van der Waals surface area contributed by atoms with E-state index in [4.69, 9.17) is 9.97 Å². The number of aryl methyl sites for hydroxylation is 1. The van der Waals surface area contributed by atoms with E-state index in [9.17, 15) is 5.11 Å². The minimum Gasteiger partial charge on any atom is -0.506 e.